The number of nitrogens with two attached hydrogens (primary N) is 1. The first kappa shape index (κ1) is 16.0. The number of halogens is 1. The van der Waals surface area contributed by atoms with Crippen molar-refractivity contribution in [1.29, 1.82) is 0 Å². The Balaban J connectivity index is 2.04. The smallest absolute Gasteiger partial charge is 0.0195 e. The van der Waals surface area contributed by atoms with Crippen LogP contribution in [0.15, 0.2) is 28.7 Å². The van der Waals surface area contributed by atoms with E-state index in [0.717, 1.165) is 29.7 Å². The van der Waals surface area contributed by atoms with Crippen molar-refractivity contribution in [2.45, 2.75) is 64.8 Å². The van der Waals surface area contributed by atoms with Crippen LogP contribution in [0.4, 0.5) is 0 Å². The van der Waals surface area contributed by atoms with Gasteiger partial charge < -0.3 is 5.73 Å². The van der Waals surface area contributed by atoms with Crippen LogP contribution in [0.3, 0.4) is 0 Å². The minimum Gasteiger partial charge on any atom is -0.325 e. The predicted octanol–water partition coefficient (Wildman–Crippen LogP) is 5.32. The van der Waals surface area contributed by atoms with Crippen LogP contribution in [0.25, 0.3) is 0 Å². The van der Waals surface area contributed by atoms with Gasteiger partial charge in [0.25, 0.3) is 0 Å². The zero-order valence-electron chi connectivity index (χ0n) is 13.1. The predicted molar refractivity (Wildman–Crippen MR) is 90.8 cm³/mol. The average molecular weight is 338 g/mol. The average Bonchev–Trinajstić information content (AvgIpc) is 2.50. The van der Waals surface area contributed by atoms with Gasteiger partial charge >= 0.3 is 0 Å². The molecule has 0 radical (unpaired) electrons. The van der Waals surface area contributed by atoms with Gasteiger partial charge in [-0.2, -0.15) is 0 Å². The maximum absolute atomic E-state index is 6.73. The summed E-state index contributed by atoms with van der Waals surface area (Å²) < 4.78 is 1.15. The van der Waals surface area contributed by atoms with Crippen molar-refractivity contribution in [1.82, 2.24) is 0 Å². The van der Waals surface area contributed by atoms with Crippen LogP contribution in [0.2, 0.25) is 0 Å². The number of rotatable bonds is 2. The molecule has 2 rings (SSSR count). The van der Waals surface area contributed by atoms with Gasteiger partial charge in [0.1, 0.15) is 0 Å². The Bertz CT molecular complexity index is 449. The normalized spacial score (nSPS) is 28.1. The number of hydrogen-bond donors (Lipinski definition) is 1. The molecule has 0 heterocycles. The Morgan fingerprint density at radius 2 is 2.00 bits per heavy atom. The lowest BCUT2D eigenvalue weighted by molar-refractivity contribution is 0.210. The van der Waals surface area contributed by atoms with Gasteiger partial charge in [-0.3, -0.25) is 0 Å². The van der Waals surface area contributed by atoms with E-state index in [1.165, 1.54) is 24.8 Å². The van der Waals surface area contributed by atoms with Crippen LogP contribution in [0.5, 0.6) is 0 Å². The molecule has 1 nitrogen and oxygen atoms in total. The van der Waals surface area contributed by atoms with Crippen LogP contribution in [0.1, 0.15) is 58.4 Å². The van der Waals surface area contributed by atoms with Crippen molar-refractivity contribution in [3.63, 3.8) is 0 Å². The van der Waals surface area contributed by atoms with Crippen molar-refractivity contribution in [3.05, 3.63) is 34.3 Å². The molecule has 1 fully saturated rings. The topological polar surface area (TPSA) is 26.0 Å². The highest BCUT2D eigenvalue weighted by Crippen LogP contribution is 2.39. The Morgan fingerprint density at radius 3 is 2.65 bits per heavy atom. The van der Waals surface area contributed by atoms with E-state index in [1.807, 2.05) is 0 Å². The van der Waals surface area contributed by atoms with E-state index in [-0.39, 0.29) is 5.54 Å². The Labute approximate surface area is 132 Å². The van der Waals surface area contributed by atoms with E-state index < -0.39 is 0 Å². The summed E-state index contributed by atoms with van der Waals surface area (Å²) in [6.45, 7) is 7.11. The fourth-order valence-corrected chi connectivity index (χ4v) is 3.97. The summed E-state index contributed by atoms with van der Waals surface area (Å²) in [6, 6.07) is 8.60. The van der Waals surface area contributed by atoms with Gasteiger partial charge in [0.15, 0.2) is 0 Å². The fraction of sp³-hybridized carbons (Fsp3) is 0.667. The first-order valence-corrected chi connectivity index (χ1v) is 8.61. The van der Waals surface area contributed by atoms with Crippen LogP contribution in [-0.2, 0) is 6.42 Å². The first-order chi connectivity index (χ1) is 9.28. The Kier molecular flexibility index (Phi) is 4.96. The van der Waals surface area contributed by atoms with Crippen molar-refractivity contribution in [2.75, 3.05) is 0 Å². The molecule has 1 saturated carbocycles. The fourth-order valence-electron chi connectivity index (χ4n) is 3.53. The molecule has 0 amide bonds. The summed E-state index contributed by atoms with van der Waals surface area (Å²) in [6.07, 6.45) is 7.19. The molecule has 0 aliphatic heterocycles. The molecule has 0 aromatic heterocycles. The van der Waals surface area contributed by atoms with Crippen LogP contribution < -0.4 is 5.73 Å². The van der Waals surface area contributed by atoms with E-state index in [0.29, 0.717) is 5.41 Å². The molecule has 2 N–H and O–H groups in total. The largest absolute Gasteiger partial charge is 0.325 e. The quantitative estimate of drug-likeness (QED) is 0.726. The molecule has 1 aliphatic carbocycles. The summed E-state index contributed by atoms with van der Waals surface area (Å²) in [4.78, 5) is 0. The second-order valence-corrected chi connectivity index (χ2v) is 8.58. The number of benzene rings is 1. The maximum Gasteiger partial charge on any atom is 0.0195 e. The minimum atomic E-state index is -0.0131. The first-order valence-electron chi connectivity index (χ1n) is 7.82. The van der Waals surface area contributed by atoms with Crippen molar-refractivity contribution >= 4 is 15.9 Å². The molecule has 1 aliphatic rings. The van der Waals surface area contributed by atoms with Crippen molar-refractivity contribution < 1.29 is 0 Å². The zero-order chi connectivity index (χ0) is 14.8. The summed E-state index contributed by atoms with van der Waals surface area (Å²) >= 11 is 3.55. The van der Waals surface area contributed by atoms with E-state index in [1.54, 1.807) is 0 Å². The second-order valence-electron chi connectivity index (χ2n) is 7.66. The lowest BCUT2D eigenvalue weighted by Gasteiger charge is -2.31. The Hall–Kier alpha value is -0.340. The lowest BCUT2D eigenvalue weighted by atomic mass is 9.76. The molecule has 1 aromatic carbocycles. The molecule has 0 spiro atoms. The molecule has 2 unspecified atom stereocenters. The molecular formula is C18H28BrN. The zero-order valence-corrected chi connectivity index (χ0v) is 14.7. The van der Waals surface area contributed by atoms with E-state index >= 15 is 0 Å². The van der Waals surface area contributed by atoms with Crippen molar-refractivity contribution in [2.24, 2.45) is 17.1 Å². The van der Waals surface area contributed by atoms with Gasteiger partial charge in [0.2, 0.25) is 0 Å². The van der Waals surface area contributed by atoms with E-state index in [2.05, 4.69) is 61.0 Å². The second kappa shape index (κ2) is 6.19. The number of hydrogen-bond acceptors (Lipinski definition) is 1. The van der Waals surface area contributed by atoms with Crippen LogP contribution >= 0.6 is 15.9 Å². The van der Waals surface area contributed by atoms with Gasteiger partial charge in [-0.15, -0.1) is 0 Å². The van der Waals surface area contributed by atoms with Gasteiger partial charge in [-0.05, 0) is 61.1 Å². The molecular weight excluding hydrogens is 310 g/mol. The lowest BCUT2D eigenvalue weighted by Crippen LogP contribution is -2.41. The third-order valence-corrected chi connectivity index (χ3v) is 5.38. The molecule has 20 heavy (non-hydrogen) atoms. The third-order valence-electron chi connectivity index (χ3n) is 4.89. The third kappa shape index (κ3) is 4.33. The molecule has 0 saturated heterocycles. The summed E-state index contributed by atoms with van der Waals surface area (Å²) in [7, 11) is 0. The standard InChI is InChI=1S/C18H28BrN/c1-17(2,3)15-7-5-10-18(20,11-9-15)13-14-6-4-8-16(19)12-14/h4,6,8,12,15H,5,7,9-11,13,20H2,1-3H3. The van der Waals surface area contributed by atoms with Gasteiger partial charge in [0.05, 0.1) is 0 Å². The molecule has 0 bridgehead atoms. The summed E-state index contributed by atoms with van der Waals surface area (Å²) in [5.74, 6) is 0.815. The monoisotopic (exact) mass is 337 g/mol. The highest BCUT2D eigenvalue weighted by Gasteiger charge is 2.33. The summed E-state index contributed by atoms with van der Waals surface area (Å²) in [5.41, 5.74) is 8.49. The molecule has 2 heteroatoms. The Morgan fingerprint density at radius 1 is 1.25 bits per heavy atom. The van der Waals surface area contributed by atoms with E-state index in [9.17, 15) is 0 Å². The minimum absolute atomic E-state index is 0.0131. The van der Waals surface area contributed by atoms with Crippen LogP contribution in [-0.4, -0.2) is 5.54 Å². The molecule has 2 atom stereocenters. The highest BCUT2D eigenvalue weighted by atomic mass is 79.9. The maximum atomic E-state index is 6.73. The van der Waals surface area contributed by atoms with E-state index in [4.69, 9.17) is 5.73 Å². The van der Waals surface area contributed by atoms with Crippen LogP contribution in [0, 0.1) is 11.3 Å². The molecule has 1 aromatic rings. The molecule has 112 valence electrons. The summed E-state index contributed by atoms with van der Waals surface area (Å²) in [5, 5.41) is 0. The van der Waals surface area contributed by atoms with Crippen molar-refractivity contribution in [3.8, 4) is 0 Å². The van der Waals surface area contributed by atoms with Gasteiger partial charge in [-0.1, -0.05) is 55.3 Å². The highest BCUT2D eigenvalue weighted by molar-refractivity contribution is 9.10. The van der Waals surface area contributed by atoms with Gasteiger partial charge in [-0.25, -0.2) is 0 Å². The SMILES string of the molecule is CC(C)(C)C1CCCC(N)(Cc2cccc(Br)c2)CC1. The van der Waals surface area contributed by atoms with Gasteiger partial charge in [0, 0.05) is 10.0 Å².